The molecule has 0 heterocycles. The number of hydrogen-bond donors (Lipinski definition) is 2. The van der Waals surface area contributed by atoms with E-state index in [4.69, 9.17) is 10.2 Å². The van der Waals surface area contributed by atoms with Crippen LogP contribution in [0.4, 0.5) is 0 Å². The third-order valence-electron chi connectivity index (χ3n) is 1.01. The van der Waals surface area contributed by atoms with Crippen molar-refractivity contribution < 1.29 is 15.0 Å². The van der Waals surface area contributed by atoms with Crippen molar-refractivity contribution in [2.45, 2.75) is 20.0 Å². The Kier molecular flexibility index (Phi) is 5.32. The Labute approximate surface area is 70.8 Å². The maximum Gasteiger partial charge on any atom is 0.333 e. The molecule has 0 spiro atoms. The predicted molar refractivity (Wildman–Crippen MR) is 45.8 cm³/mol. The van der Waals surface area contributed by atoms with Crippen LogP contribution in [0.2, 0.25) is 0 Å². The molecule has 1 atom stereocenters. The first-order valence-electron chi connectivity index (χ1n) is 3.52. The summed E-state index contributed by atoms with van der Waals surface area (Å²) in [5.41, 5.74) is 0. The largest absolute Gasteiger partial charge is 0.479 e. The van der Waals surface area contributed by atoms with Crippen LogP contribution in [0.15, 0.2) is 0 Å². The third kappa shape index (κ3) is 6.19. The monoisotopic (exact) mass is 178 g/mol. The lowest BCUT2D eigenvalue weighted by molar-refractivity contribution is -0.145. The molecule has 0 saturated carbocycles. The molecule has 11 heavy (non-hydrogen) atoms. The predicted octanol–water partition coefficient (Wildman–Crippen LogP) is 0.821. The summed E-state index contributed by atoms with van der Waals surface area (Å²) in [6.45, 7) is 4.11. The van der Waals surface area contributed by atoms with Gasteiger partial charge in [0.05, 0.1) is 0 Å². The van der Waals surface area contributed by atoms with Crippen LogP contribution >= 0.6 is 11.8 Å². The number of carboxylic acid groups (broad SMARTS) is 1. The van der Waals surface area contributed by atoms with Gasteiger partial charge >= 0.3 is 5.97 Å². The average molecular weight is 178 g/mol. The van der Waals surface area contributed by atoms with Gasteiger partial charge in [-0.3, -0.25) is 0 Å². The van der Waals surface area contributed by atoms with E-state index >= 15 is 0 Å². The van der Waals surface area contributed by atoms with E-state index < -0.39 is 12.1 Å². The fourth-order valence-electron chi connectivity index (χ4n) is 0.487. The molecule has 0 aromatic carbocycles. The molecule has 0 saturated heterocycles. The van der Waals surface area contributed by atoms with Crippen molar-refractivity contribution in [1.82, 2.24) is 0 Å². The summed E-state index contributed by atoms with van der Waals surface area (Å²) in [6, 6.07) is 0. The maximum absolute atomic E-state index is 10.1. The highest BCUT2D eigenvalue weighted by atomic mass is 32.2. The van der Waals surface area contributed by atoms with E-state index in [1.54, 1.807) is 0 Å². The minimum absolute atomic E-state index is 0.285. The van der Waals surface area contributed by atoms with Crippen molar-refractivity contribution in [2.75, 3.05) is 11.5 Å². The molecule has 0 bridgehead atoms. The van der Waals surface area contributed by atoms with Gasteiger partial charge in [0.1, 0.15) is 0 Å². The van der Waals surface area contributed by atoms with Crippen molar-refractivity contribution in [1.29, 1.82) is 0 Å². The lowest BCUT2D eigenvalue weighted by Crippen LogP contribution is -2.22. The molecule has 0 fully saturated rings. The molecule has 66 valence electrons. The molecule has 0 aliphatic heterocycles. The highest BCUT2D eigenvalue weighted by Gasteiger charge is 2.12. The first-order valence-corrected chi connectivity index (χ1v) is 4.68. The Morgan fingerprint density at radius 1 is 1.45 bits per heavy atom. The third-order valence-corrected chi connectivity index (χ3v) is 2.47. The first-order chi connectivity index (χ1) is 5.04. The lowest BCUT2D eigenvalue weighted by Gasteiger charge is -2.06. The van der Waals surface area contributed by atoms with Gasteiger partial charge in [-0.15, -0.1) is 0 Å². The topological polar surface area (TPSA) is 57.5 Å². The number of aliphatic carboxylic acids is 1. The van der Waals surface area contributed by atoms with E-state index in [0.29, 0.717) is 5.92 Å². The zero-order chi connectivity index (χ0) is 8.85. The molecular weight excluding hydrogens is 164 g/mol. The van der Waals surface area contributed by atoms with Gasteiger partial charge in [0, 0.05) is 5.75 Å². The van der Waals surface area contributed by atoms with Gasteiger partial charge in [-0.1, -0.05) is 13.8 Å². The maximum atomic E-state index is 10.1. The highest BCUT2D eigenvalue weighted by molar-refractivity contribution is 7.99. The second-order valence-corrected chi connectivity index (χ2v) is 3.86. The number of rotatable bonds is 5. The summed E-state index contributed by atoms with van der Waals surface area (Å²) in [5, 5.41) is 17.1. The van der Waals surface area contributed by atoms with Crippen LogP contribution in [-0.4, -0.2) is 33.8 Å². The normalized spacial score (nSPS) is 13.5. The SMILES string of the molecule is CC(C)CSCC(O)C(=O)O. The summed E-state index contributed by atoms with van der Waals surface area (Å²) in [5.74, 6) is 0.583. The molecule has 0 radical (unpaired) electrons. The van der Waals surface area contributed by atoms with Crippen molar-refractivity contribution in [2.24, 2.45) is 5.92 Å². The number of thioether (sulfide) groups is 1. The van der Waals surface area contributed by atoms with Crippen LogP contribution in [0.3, 0.4) is 0 Å². The Bertz CT molecular complexity index is 125. The number of aliphatic hydroxyl groups is 1. The van der Waals surface area contributed by atoms with Crippen molar-refractivity contribution in [3.05, 3.63) is 0 Å². The molecule has 0 rings (SSSR count). The van der Waals surface area contributed by atoms with Gasteiger partial charge in [0.2, 0.25) is 0 Å². The molecule has 0 aromatic heterocycles. The van der Waals surface area contributed by atoms with Gasteiger partial charge in [-0.2, -0.15) is 11.8 Å². The van der Waals surface area contributed by atoms with Crippen LogP contribution in [0.5, 0.6) is 0 Å². The van der Waals surface area contributed by atoms with E-state index in [2.05, 4.69) is 13.8 Å². The number of carboxylic acids is 1. The fraction of sp³-hybridized carbons (Fsp3) is 0.857. The first kappa shape index (κ1) is 10.8. The van der Waals surface area contributed by atoms with Crippen LogP contribution in [0.1, 0.15) is 13.8 Å². The minimum atomic E-state index is -1.21. The molecule has 0 amide bonds. The number of carbonyl (C=O) groups is 1. The van der Waals surface area contributed by atoms with Crippen molar-refractivity contribution in [3.8, 4) is 0 Å². The fourth-order valence-corrected chi connectivity index (χ4v) is 1.46. The van der Waals surface area contributed by atoms with E-state index in [1.165, 1.54) is 11.8 Å². The van der Waals surface area contributed by atoms with E-state index in [1.807, 2.05) is 0 Å². The van der Waals surface area contributed by atoms with E-state index in [9.17, 15) is 4.79 Å². The Morgan fingerprint density at radius 2 is 2.00 bits per heavy atom. The standard InChI is InChI=1S/C7H14O3S/c1-5(2)3-11-4-6(8)7(9)10/h5-6,8H,3-4H2,1-2H3,(H,9,10). The minimum Gasteiger partial charge on any atom is -0.479 e. The van der Waals surface area contributed by atoms with Gasteiger partial charge in [-0.05, 0) is 11.7 Å². The molecule has 4 heteroatoms. The Balaban J connectivity index is 3.31. The van der Waals surface area contributed by atoms with Gasteiger partial charge in [0.25, 0.3) is 0 Å². The zero-order valence-electron chi connectivity index (χ0n) is 6.78. The van der Waals surface area contributed by atoms with Crippen molar-refractivity contribution in [3.63, 3.8) is 0 Å². The quantitative estimate of drug-likeness (QED) is 0.654. The summed E-state index contributed by atoms with van der Waals surface area (Å²) in [6.07, 6.45) is -1.21. The highest BCUT2D eigenvalue weighted by Crippen LogP contribution is 2.08. The average Bonchev–Trinajstić information content (AvgIpc) is 1.86. The second kappa shape index (κ2) is 5.43. The number of aliphatic hydroxyl groups excluding tert-OH is 1. The van der Waals surface area contributed by atoms with E-state index in [-0.39, 0.29) is 5.75 Å². The molecular formula is C7H14O3S. The zero-order valence-corrected chi connectivity index (χ0v) is 7.60. The summed E-state index contributed by atoms with van der Waals surface area (Å²) >= 11 is 1.47. The molecule has 0 aliphatic carbocycles. The molecule has 1 unspecified atom stereocenters. The van der Waals surface area contributed by atoms with Gasteiger partial charge < -0.3 is 10.2 Å². The Morgan fingerprint density at radius 3 is 2.36 bits per heavy atom. The lowest BCUT2D eigenvalue weighted by atomic mass is 10.3. The van der Waals surface area contributed by atoms with Gasteiger partial charge in [-0.25, -0.2) is 4.79 Å². The van der Waals surface area contributed by atoms with Crippen LogP contribution in [0.25, 0.3) is 0 Å². The molecule has 0 aliphatic rings. The smallest absolute Gasteiger partial charge is 0.333 e. The van der Waals surface area contributed by atoms with Crippen molar-refractivity contribution >= 4 is 17.7 Å². The summed E-state index contributed by atoms with van der Waals surface area (Å²) < 4.78 is 0. The summed E-state index contributed by atoms with van der Waals surface area (Å²) in [4.78, 5) is 10.1. The summed E-state index contributed by atoms with van der Waals surface area (Å²) in [7, 11) is 0. The van der Waals surface area contributed by atoms with E-state index in [0.717, 1.165) is 5.75 Å². The Hall–Kier alpha value is -0.220. The molecule has 3 nitrogen and oxygen atoms in total. The second-order valence-electron chi connectivity index (χ2n) is 2.79. The van der Waals surface area contributed by atoms with Crippen LogP contribution in [0, 0.1) is 5.92 Å². The molecule has 2 N–H and O–H groups in total. The number of hydrogen-bond acceptors (Lipinski definition) is 3. The van der Waals surface area contributed by atoms with Gasteiger partial charge in [0.15, 0.2) is 6.10 Å². The van der Waals surface area contributed by atoms with Crippen LogP contribution in [-0.2, 0) is 4.79 Å². The molecule has 0 aromatic rings. The van der Waals surface area contributed by atoms with Crippen LogP contribution < -0.4 is 0 Å².